The molecule has 2 fully saturated rings. The van der Waals surface area contributed by atoms with Gasteiger partial charge in [0.15, 0.2) is 5.78 Å². The number of hydrogen-bond donors (Lipinski definition) is 1. The van der Waals surface area contributed by atoms with Crippen LogP contribution < -0.4 is 5.73 Å². The van der Waals surface area contributed by atoms with Gasteiger partial charge >= 0.3 is 0 Å². The van der Waals surface area contributed by atoms with E-state index < -0.39 is 0 Å². The maximum atomic E-state index is 12.3. The number of amides is 1. The molecule has 0 radical (unpaired) electrons. The molecule has 0 aliphatic carbocycles. The molecule has 3 rings (SSSR count). The standard InChI is InChI=1S/C20H29N3O2/c1-15-4-6-16(7-5-15)19(24)10-14-22-12-8-17(9-13-22)23-11-2-3-18(23)20(21)25/h4-7,17-18H,2-3,8-14H2,1H3,(H2,21,25)/t18-/m0/s1. The molecule has 136 valence electrons. The Kier molecular flexibility index (Phi) is 5.86. The number of carbonyl (C=O) groups excluding carboxylic acids is 2. The minimum absolute atomic E-state index is 0.0698. The lowest BCUT2D eigenvalue weighted by atomic mass is 10.0. The van der Waals surface area contributed by atoms with Gasteiger partial charge in [-0.05, 0) is 52.2 Å². The Morgan fingerprint density at radius 1 is 1.08 bits per heavy atom. The topological polar surface area (TPSA) is 66.6 Å². The Labute approximate surface area is 150 Å². The smallest absolute Gasteiger partial charge is 0.234 e. The summed E-state index contributed by atoms with van der Waals surface area (Å²) in [6, 6.07) is 8.21. The minimum atomic E-state index is -0.177. The largest absolute Gasteiger partial charge is 0.368 e. The number of carbonyl (C=O) groups is 2. The van der Waals surface area contributed by atoms with Gasteiger partial charge in [0.1, 0.15) is 0 Å². The van der Waals surface area contributed by atoms with Crippen molar-refractivity contribution in [3.8, 4) is 0 Å². The summed E-state index contributed by atoms with van der Waals surface area (Å²) in [6.45, 7) is 5.83. The molecule has 0 spiro atoms. The summed E-state index contributed by atoms with van der Waals surface area (Å²) in [7, 11) is 0. The summed E-state index contributed by atoms with van der Waals surface area (Å²) in [6.07, 6.45) is 4.66. The molecule has 1 aromatic carbocycles. The first-order chi connectivity index (χ1) is 12.0. The van der Waals surface area contributed by atoms with Crippen LogP contribution in [-0.2, 0) is 4.79 Å². The van der Waals surface area contributed by atoms with Gasteiger partial charge < -0.3 is 10.6 Å². The maximum absolute atomic E-state index is 12.3. The summed E-state index contributed by atoms with van der Waals surface area (Å²) in [5.74, 6) is 0.0408. The van der Waals surface area contributed by atoms with E-state index in [9.17, 15) is 9.59 Å². The summed E-state index contributed by atoms with van der Waals surface area (Å²) in [4.78, 5) is 28.6. The molecule has 0 unspecified atom stereocenters. The van der Waals surface area contributed by atoms with E-state index in [0.29, 0.717) is 12.5 Å². The molecular weight excluding hydrogens is 314 g/mol. The molecule has 5 nitrogen and oxygen atoms in total. The van der Waals surface area contributed by atoms with Gasteiger partial charge in [-0.25, -0.2) is 0 Å². The molecule has 25 heavy (non-hydrogen) atoms. The SMILES string of the molecule is Cc1ccc(C(=O)CCN2CCC(N3CCC[C@H]3C(N)=O)CC2)cc1. The molecular formula is C20H29N3O2. The van der Waals surface area contributed by atoms with Crippen molar-refractivity contribution in [1.29, 1.82) is 0 Å². The van der Waals surface area contributed by atoms with Gasteiger partial charge in [-0.3, -0.25) is 14.5 Å². The van der Waals surface area contributed by atoms with Gasteiger partial charge in [0.2, 0.25) is 5.91 Å². The Bertz CT molecular complexity index is 606. The lowest BCUT2D eigenvalue weighted by Crippen LogP contribution is -2.50. The van der Waals surface area contributed by atoms with E-state index in [1.165, 1.54) is 5.56 Å². The van der Waals surface area contributed by atoms with Crippen molar-refractivity contribution in [3.63, 3.8) is 0 Å². The van der Waals surface area contributed by atoms with Gasteiger partial charge in [-0.15, -0.1) is 0 Å². The Morgan fingerprint density at radius 3 is 2.40 bits per heavy atom. The van der Waals surface area contributed by atoms with Crippen LogP contribution in [-0.4, -0.2) is 59.8 Å². The van der Waals surface area contributed by atoms with Gasteiger partial charge in [0, 0.05) is 24.6 Å². The molecule has 1 atom stereocenters. The Morgan fingerprint density at radius 2 is 1.76 bits per heavy atom. The molecule has 2 aliphatic heterocycles. The summed E-state index contributed by atoms with van der Waals surface area (Å²) < 4.78 is 0. The van der Waals surface area contributed by atoms with E-state index >= 15 is 0 Å². The van der Waals surface area contributed by atoms with E-state index in [1.54, 1.807) is 0 Å². The molecule has 2 heterocycles. The molecule has 5 heteroatoms. The number of nitrogens with two attached hydrogens (primary N) is 1. The zero-order valence-electron chi connectivity index (χ0n) is 15.1. The number of benzene rings is 1. The van der Waals surface area contributed by atoms with Crippen LogP contribution in [0.15, 0.2) is 24.3 Å². The zero-order valence-corrected chi connectivity index (χ0v) is 15.1. The number of aryl methyl sites for hydroxylation is 1. The zero-order chi connectivity index (χ0) is 17.8. The second-order valence-electron chi connectivity index (χ2n) is 7.41. The van der Waals surface area contributed by atoms with Crippen molar-refractivity contribution in [1.82, 2.24) is 9.80 Å². The number of piperidine rings is 1. The Hall–Kier alpha value is -1.72. The lowest BCUT2D eigenvalue weighted by molar-refractivity contribution is -0.123. The molecule has 1 amide bonds. The summed E-state index contributed by atoms with van der Waals surface area (Å²) in [5.41, 5.74) is 7.52. The third-order valence-electron chi connectivity index (χ3n) is 5.68. The lowest BCUT2D eigenvalue weighted by Gasteiger charge is -2.38. The van der Waals surface area contributed by atoms with E-state index in [0.717, 1.165) is 57.4 Å². The third-order valence-corrected chi connectivity index (χ3v) is 5.68. The first kappa shape index (κ1) is 18.1. The normalized spacial score (nSPS) is 23.0. The third kappa shape index (κ3) is 4.47. The first-order valence-corrected chi connectivity index (χ1v) is 9.42. The fourth-order valence-corrected chi connectivity index (χ4v) is 4.15. The number of rotatable bonds is 6. The van der Waals surface area contributed by atoms with Crippen molar-refractivity contribution < 1.29 is 9.59 Å². The van der Waals surface area contributed by atoms with Crippen LogP contribution >= 0.6 is 0 Å². The predicted molar refractivity (Wildman–Crippen MR) is 98.5 cm³/mol. The van der Waals surface area contributed by atoms with Crippen molar-refractivity contribution in [2.45, 2.75) is 51.1 Å². The van der Waals surface area contributed by atoms with E-state index in [2.05, 4.69) is 9.80 Å². The average molecular weight is 343 g/mol. The number of primary amides is 1. The highest BCUT2D eigenvalue weighted by Gasteiger charge is 2.35. The van der Waals surface area contributed by atoms with Crippen molar-refractivity contribution in [2.24, 2.45) is 5.73 Å². The van der Waals surface area contributed by atoms with Crippen molar-refractivity contribution >= 4 is 11.7 Å². The first-order valence-electron chi connectivity index (χ1n) is 9.42. The maximum Gasteiger partial charge on any atom is 0.234 e. The number of Topliss-reactive ketones (excluding diaryl/α,β-unsaturated/α-hetero) is 1. The summed E-state index contributed by atoms with van der Waals surface area (Å²) >= 11 is 0. The number of hydrogen-bond acceptors (Lipinski definition) is 4. The highest BCUT2D eigenvalue weighted by atomic mass is 16.1. The van der Waals surface area contributed by atoms with Crippen LogP contribution in [0.2, 0.25) is 0 Å². The molecule has 0 bridgehead atoms. The van der Waals surface area contributed by atoms with Gasteiger partial charge in [0.25, 0.3) is 0 Å². The molecule has 2 N–H and O–H groups in total. The highest BCUT2D eigenvalue weighted by Crippen LogP contribution is 2.26. The molecule has 1 aromatic rings. The van der Waals surface area contributed by atoms with Crippen molar-refractivity contribution in [3.05, 3.63) is 35.4 Å². The molecule has 0 aromatic heterocycles. The monoisotopic (exact) mass is 343 g/mol. The second-order valence-corrected chi connectivity index (χ2v) is 7.41. The number of likely N-dealkylation sites (tertiary alicyclic amines) is 2. The molecule has 2 saturated heterocycles. The minimum Gasteiger partial charge on any atom is -0.368 e. The van der Waals surface area contributed by atoms with Crippen LogP contribution in [0.4, 0.5) is 0 Å². The predicted octanol–water partition coefficient (Wildman–Crippen LogP) is 1.98. The molecule has 2 aliphatic rings. The highest BCUT2D eigenvalue weighted by molar-refractivity contribution is 5.96. The van der Waals surface area contributed by atoms with Gasteiger partial charge in [-0.1, -0.05) is 29.8 Å². The summed E-state index contributed by atoms with van der Waals surface area (Å²) in [5, 5.41) is 0. The van der Waals surface area contributed by atoms with Crippen LogP contribution in [0.5, 0.6) is 0 Å². The Balaban J connectivity index is 1.44. The van der Waals surface area contributed by atoms with Crippen molar-refractivity contribution in [2.75, 3.05) is 26.2 Å². The quantitative estimate of drug-likeness (QED) is 0.802. The fraction of sp³-hybridized carbons (Fsp3) is 0.600. The van der Waals surface area contributed by atoms with Gasteiger partial charge in [-0.2, -0.15) is 0 Å². The van der Waals surface area contributed by atoms with E-state index in [-0.39, 0.29) is 17.7 Å². The van der Waals surface area contributed by atoms with Crippen LogP contribution in [0.25, 0.3) is 0 Å². The van der Waals surface area contributed by atoms with Crippen LogP contribution in [0.1, 0.15) is 48.0 Å². The molecule has 0 saturated carbocycles. The van der Waals surface area contributed by atoms with E-state index in [4.69, 9.17) is 5.73 Å². The van der Waals surface area contributed by atoms with Gasteiger partial charge in [0.05, 0.1) is 6.04 Å². The average Bonchev–Trinajstić information content (AvgIpc) is 3.11. The second kappa shape index (κ2) is 8.11. The van der Waals surface area contributed by atoms with Crippen LogP contribution in [0, 0.1) is 6.92 Å². The van der Waals surface area contributed by atoms with Crippen LogP contribution in [0.3, 0.4) is 0 Å². The fourth-order valence-electron chi connectivity index (χ4n) is 4.15. The number of ketones is 1. The van der Waals surface area contributed by atoms with E-state index in [1.807, 2.05) is 31.2 Å². The number of nitrogens with zero attached hydrogens (tertiary/aromatic N) is 2.